The zero-order valence-electron chi connectivity index (χ0n) is 13.1. The summed E-state index contributed by atoms with van der Waals surface area (Å²) in [5, 5.41) is 9.08. The minimum atomic E-state index is -0.0795. The van der Waals surface area contributed by atoms with Crippen molar-refractivity contribution in [1.82, 2.24) is 9.55 Å². The number of nitrogens with zero attached hydrogens (tertiary/aromatic N) is 3. The van der Waals surface area contributed by atoms with Gasteiger partial charge in [0.1, 0.15) is 11.9 Å². The molecule has 0 bridgehead atoms. The average molecular weight is 283 g/mol. The molecule has 0 radical (unpaired) electrons. The number of hydrogen-bond donors (Lipinski definition) is 0. The third-order valence-electron chi connectivity index (χ3n) is 4.12. The Morgan fingerprint density at radius 3 is 2.71 bits per heavy atom. The van der Waals surface area contributed by atoms with Crippen LogP contribution in [0.4, 0.5) is 0 Å². The molecule has 1 saturated heterocycles. The first kappa shape index (κ1) is 14.1. The Balaban J connectivity index is 2.25. The van der Waals surface area contributed by atoms with Gasteiger partial charge in [0.2, 0.25) is 0 Å². The van der Waals surface area contributed by atoms with Crippen molar-refractivity contribution in [2.45, 2.75) is 45.8 Å². The molecule has 0 amide bonds. The zero-order chi connectivity index (χ0) is 15.2. The molecular formula is C17H21N3O. The summed E-state index contributed by atoms with van der Waals surface area (Å²) in [5.41, 5.74) is 2.51. The van der Waals surface area contributed by atoms with E-state index < -0.39 is 0 Å². The number of benzene rings is 1. The van der Waals surface area contributed by atoms with Gasteiger partial charge < -0.3 is 9.30 Å². The lowest BCUT2D eigenvalue weighted by Gasteiger charge is -2.27. The van der Waals surface area contributed by atoms with Crippen LogP contribution in [-0.4, -0.2) is 16.2 Å². The van der Waals surface area contributed by atoms with E-state index in [1.807, 2.05) is 18.2 Å². The van der Waals surface area contributed by atoms with E-state index in [1.165, 1.54) is 0 Å². The first-order chi connectivity index (χ1) is 9.91. The van der Waals surface area contributed by atoms with Crippen LogP contribution in [0.5, 0.6) is 0 Å². The predicted octanol–water partition coefficient (Wildman–Crippen LogP) is 3.76. The van der Waals surface area contributed by atoms with Crippen molar-refractivity contribution in [2.75, 3.05) is 6.61 Å². The largest absolute Gasteiger partial charge is 0.370 e. The van der Waals surface area contributed by atoms with Gasteiger partial charge in [-0.3, -0.25) is 0 Å². The summed E-state index contributed by atoms with van der Waals surface area (Å²) in [6, 6.07) is 7.90. The molecule has 0 spiro atoms. The summed E-state index contributed by atoms with van der Waals surface area (Å²) < 4.78 is 8.18. The van der Waals surface area contributed by atoms with E-state index in [4.69, 9.17) is 15.0 Å². The van der Waals surface area contributed by atoms with Crippen molar-refractivity contribution >= 4 is 11.0 Å². The van der Waals surface area contributed by atoms with Gasteiger partial charge in [-0.15, -0.1) is 0 Å². The summed E-state index contributed by atoms with van der Waals surface area (Å²) in [7, 11) is 0. The van der Waals surface area contributed by atoms with Crippen LogP contribution in [0.2, 0.25) is 0 Å². The number of fused-ring (bicyclic) bond motifs is 1. The van der Waals surface area contributed by atoms with Gasteiger partial charge in [-0.25, -0.2) is 4.98 Å². The van der Waals surface area contributed by atoms with Crippen molar-refractivity contribution in [3.63, 3.8) is 0 Å². The molecule has 1 aromatic carbocycles. The van der Waals surface area contributed by atoms with Gasteiger partial charge in [-0.1, -0.05) is 6.92 Å². The monoisotopic (exact) mass is 283 g/mol. The molecule has 0 saturated carbocycles. The molecule has 1 fully saturated rings. The molecule has 2 aromatic rings. The SMILES string of the molecule is CC1CCOC1c1nc2cc(C#N)ccc2n1C(C)(C)C. The minimum absolute atomic E-state index is 0.0437. The second kappa shape index (κ2) is 4.85. The second-order valence-corrected chi connectivity index (χ2v) is 6.85. The van der Waals surface area contributed by atoms with Crippen LogP contribution in [0.1, 0.15) is 51.6 Å². The number of ether oxygens (including phenoxy) is 1. The number of imidazole rings is 1. The van der Waals surface area contributed by atoms with Crippen molar-refractivity contribution in [3.8, 4) is 6.07 Å². The fourth-order valence-corrected chi connectivity index (χ4v) is 3.09. The molecule has 0 N–H and O–H groups in total. The Bertz CT molecular complexity index is 718. The molecule has 1 aliphatic rings. The third-order valence-corrected chi connectivity index (χ3v) is 4.12. The molecule has 110 valence electrons. The molecule has 1 aromatic heterocycles. The number of hydrogen-bond acceptors (Lipinski definition) is 3. The van der Waals surface area contributed by atoms with Crippen LogP contribution in [0.25, 0.3) is 11.0 Å². The molecule has 2 unspecified atom stereocenters. The Morgan fingerprint density at radius 1 is 1.38 bits per heavy atom. The maximum atomic E-state index is 9.08. The number of nitriles is 1. The van der Waals surface area contributed by atoms with Gasteiger partial charge in [-0.2, -0.15) is 5.26 Å². The first-order valence-electron chi connectivity index (χ1n) is 7.46. The molecule has 21 heavy (non-hydrogen) atoms. The van der Waals surface area contributed by atoms with Gasteiger partial charge in [0.05, 0.1) is 22.7 Å². The quantitative estimate of drug-likeness (QED) is 0.800. The fraction of sp³-hybridized carbons (Fsp3) is 0.529. The van der Waals surface area contributed by atoms with Gasteiger partial charge in [0.25, 0.3) is 0 Å². The normalized spacial score (nSPS) is 22.6. The lowest BCUT2D eigenvalue weighted by Crippen LogP contribution is -2.26. The maximum Gasteiger partial charge on any atom is 0.139 e. The Hall–Kier alpha value is -1.86. The van der Waals surface area contributed by atoms with E-state index in [2.05, 4.69) is 38.3 Å². The Kier molecular flexibility index (Phi) is 3.26. The van der Waals surface area contributed by atoms with E-state index in [-0.39, 0.29) is 11.6 Å². The minimum Gasteiger partial charge on any atom is -0.370 e. The summed E-state index contributed by atoms with van der Waals surface area (Å²) in [6.07, 6.45) is 1.11. The van der Waals surface area contributed by atoms with Gasteiger partial charge in [0.15, 0.2) is 0 Å². The van der Waals surface area contributed by atoms with Crippen LogP contribution in [0.15, 0.2) is 18.2 Å². The van der Waals surface area contributed by atoms with Crippen molar-refractivity contribution in [3.05, 3.63) is 29.6 Å². The second-order valence-electron chi connectivity index (χ2n) is 6.85. The van der Waals surface area contributed by atoms with Gasteiger partial charge >= 0.3 is 0 Å². The van der Waals surface area contributed by atoms with Gasteiger partial charge in [0, 0.05) is 12.1 Å². The number of rotatable bonds is 1. The zero-order valence-corrected chi connectivity index (χ0v) is 13.1. The topological polar surface area (TPSA) is 50.8 Å². The highest BCUT2D eigenvalue weighted by Gasteiger charge is 2.33. The lowest BCUT2D eigenvalue weighted by molar-refractivity contribution is 0.0811. The van der Waals surface area contributed by atoms with Crippen LogP contribution >= 0.6 is 0 Å². The summed E-state index contributed by atoms with van der Waals surface area (Å²) >= 11 is 0. The van der Waals surface area contributed by atoms with Crippen molar-refractivity contribution in [2.24, 2.45) is 5.92 Å². The molecule has 3 rings (SSSR count). The summed E-state index contributed by atoms with van der Waals surface area (Å²) in [5.74, 6) is 1.45. The third kappa shape index (κ3) is 2.32. The average Bonchev–Trinajstić information content (AvgIpc) is 2.99. The fourth-order valence-electron chi connectivity index (χ4n) is 3.09. The van der Waals surface area contributed by atoms with Crippen molar-refractivity contribution < 1.29 is 4.74 Å². The van der Waals surface area contributed by atoms with Crippen molar-refractivity contribution in [1.29, 1.82) is 5.26 Å². The Labute approximate surface area is 125 Å². The molecule has 1 aliphatic heterocycles. The molecular weight excluding hydrogens is 262 g/mol. The maximum absolute atomic E-state index is 9.08. The van der Waals surface area contributed by atoms with E-state index in [9.17, 15) is 0 Å². The molecule has 2 heterocycles. The first-order valence-corrected chi connectivity index (χ1v) is 7.46. The molecule has 4 nitrogen and oxygen atoms in total. The van der Waals surface area contributed by atoms with E-state index in [0.717, 1.165) is 29.9 Å². The summed E-state index contributed by atoms with van der Waals surface area (Å²) in [4.78, 5) is 4.81. The molecule has 4 heteroatoms. The lowest BCUT2D eigenvalue weighted by atomic mass is 10.0. The van der Waals surface area contributed by atoms with E-state index >= 15 is 0 Å². The van der Waals surface area contributed by atoms with Crippen LogP contribution in [-0.2, 0) is 10.3 Å². The van der Waals surface area contributed by atoms with Crippen LogP contribution < -0.4 is 0 Å². The highest BCUT2D eigenvalue weighted by Crippen LogP contribution is 2.37. The smallest absolute Gasteiger partial charge is 0.139 e. The Morgan fingerprint density at radius 2 is 2.14 bits per heavy atom. The van der Waals surface area contributed by atoms with Gasteiger partial charge in [-0.05, 0) is 51.3 Å². The highest BCUT2D eigenvalue weighted by atomic mass is 16.5. The van der Waals surface area contributed by atoms with E-state index in [0.29, 0.717) is 11.5 Å². The van der Waals surface area contributed by atoms with Crippen LogP contribution in [0.3, 0.4) is 0 Å². The number of aromatic nitrogens is 2. The summed E-state index contributed by atoms with van der Waals surface area (Å²) in [6.45, 7) is 9.54. The standard InChI is InChI=1S/C17H21N3O/c1-11-7-8-21-15(11)16-19-13-9-12(10-18)5-6-14(13)20(16)17(2,3)4/h5-6,9,11,15H,7-8H2,1-4H3. The van der Waals surface area contributed by atoms with E-state index in [1.54, 1.807) is 0 Å². The predicted molar refractivity (Wildman–Crippen MR) is 81.9 cm³/mol. The van der Waals surface area contributed by atoms with Crippen LogP contribution in [0, 0.1) is 17.2 Å². The molecule has 2 atom stereocenters. The highest BCUT2D eigenvalue weighted by molar-refractivity contribution is 5.78. The molecule has 0 aliphatic carbocycles.